The van der Waals surface area contributed by atoms with Gasteiger partial charge >= 0.3 is 0 Å². The summed E-state index contributed by atoms with van der Waals surface area (Å²) in [6.45, 7) is 5.32. The Morgan fingerprint density at radius 3 is 2.43 bits per heavy atom. The van der Waals surface area contributed by atoms with Crippen molar-refractivity contribution in [2.75, 3.05) is 18.8 Å². The quantitative estimate of drug-likeness (QED) is 0.353. The van der Waals surface area contributed by atoms with Crippen LogP contribution in [0.5, 0.6) is 0 Å². The fraction of sp³-hybridized carbons (Fsp3) is 0.296. The number of aryl methyl sites for hydroxylation is 1. The molecule has 0 radical (unpaired) electrons. The Morgan fingerprint density at radius 1 is 1.03 bits per heavy atom. The Bertz CT molecular complexity index is 1260. The topological polar surface area (TPSA) is 76.2 Å². The first-order chi connectivity index (χ1) is 17.2. The van der Waals surface area contributed by atoms with E-state index in [1.54, 1.807) is 6.26 Å². The summed E-state index contributed by atoms with van der Waals surface area (Å²) in [5, 5.41) is 12.8. The molecule has 1 unspecified atom stereocenters. The van der Waals surface area contributed by atoms with Crippen molar-refractivity contribution in [1.29, 1.82) is 0 Å². The highest BCUT2D eigenvalue weighted by molar-refractivity contribution is 7.99. The van der Waals surface area contributed by atoms with Crippen LogP contribution in [0.2, 0.25) is 0 Å². The van der Waals surface area contributed by atoms with Gasteiger partial charge in [0.05, 0.1) is 24.1 Å². The third-order valence-corrected chi connectivity index (χ3v) is 7.19. The smallest absolute Gasteiger partial charge is 0.230 e. The van der Waals surface area contributed by atoms with Crippen molar-refractivity contribution in [3.63, 3.8) is 0 Å². The number of nitrogens with one attached hydrogen (secondary N) is 1. The second kappa shape index (κ2) is 10.9. The standard InChI is InChI=1S/C27H29N5O2S/c1-20-24(13-15-34-20)26-29-30-27(32(26)17-22-10-6-3-7-11-22)35-19-25(33)28-23-12-14-31(18-23)16-21-8-4-2-5-9-21/h2-11,13,15,23H,12,14,16-19H2,1H3,(H,28,33). The van der Waals surface area contributed by atoms with E-state index in [1.165, 1.54) is 17.3 Å². The lowest BCUT2D eigenvalue weighted by atomic mass is 10.2. The van der Waals surface area contributed by atoms with Gasteiger partial charge in [0, 0.05) is 25.7 Å². The van der Waals surface area contributed by atoms with Crippen molar-refractivity contribution < 1.29 is 9.21 Å². The summed E-state index contributed by atoms with van der Waals surface area (Å²) in [6, 6.07) is 22.7. The van der Waals surface area contributed by atoms with Crippen LogP contribution in [0.25, 0.3) is 11.4 Å². The van der Waals surface area contributed by atoms with Gasteiger partial charge in [-0.2, -0.15) is 0 Å². The predicted molar refractivity (Wildman–Crippen MR) is 137 cm³/mol. The summed E-state index contributed by atoms with van der Waals surface area (Å²) in [6.07, 6.45) is 2.63. The van der Waals surface area contributed by atoms with Crippen LogP contribution >= 0.6 is 11.8 Å². The molecule has 1 fully saturated rings. The minimum absolute atomic E-state index is 0.0249. The normalized spacial score (nSPS) is 16.0. The van der Waals surface area contributed by atoms with Gasteiger partial charge in [-0.1, -0.05) is 72.4 Å². The van der Waals surface area contributed by atoms with Crippen molar-refractivity contribution >= 4 is 17.7 Å². The molecule has 1 amide bonds. The summed E-state index contributed by atoms with van der Waals surface area (Å²) in [4.78, 5) is 15.2. The summed E-state index contributed by atoms with van der Waals surface area (Å²) in [7, 11) is 0. The highest BCUT2D eigenvalue weighted by Crippen LogP contribution is 2.28. The van der Waals surface area contributed by atoms with E-state index in [0.29, 0.717) is 12.3 Å². The number of carbonyl (C=O) groups excluding carboxylic acids is 1. The Morgan fingerprint density at radius 2 is 1.74 bits per heavy atom. The molecule has 1 atom stereocenters. The zero-order chi connectivity index (χ0) is 24.0. The van der Waals surface area contributed by atoms with Gasteiger partial charge in [0.2, 0.25) is 5.91 Å². The van der Waals surface area contributed by atoms with Gasteiger partial charge in [-0.05, 0) is 30.5 Å². The lowest BCUT2D eigenvalue weighted by Gasteiger charge is -2.17. The molecule has 2 aromatic carbocycles. The first kappa shape index (κ1) is 23.4. The Hall–Kier alpha value is -3.36. The second-order valence-corrected chi connectivity index (χ2v) is 9.77. The van der Waals surface area contributed by atoms with E-state index in [-0.39, 0.29) is 11.9 Å². The third-order valence-electron chi connectivity index (χ3n) is 6.22. The molecule has 1 aliphatic heterocycles. The molecule has 8 heteroatoms. The third kappa shape index (κ3) is 5.83. The maximum atomic E-state index is 12.8. The molecular weight excluding hydrogens is 458 g/mol. The van der Waals surface area contributed by atoms with Crippen molar-refractivity contribution in [3.8, 4) is 11.4 Å². The Kier molecular flexibility index (Phi) is 7.30. The van der Waals surface area contributed by atoms with Gasteiger partial charge in [-0.25, -0.2) is 0 Å². The number of hydrogen-bond acceptors (Lipinski definition) is 6. The highest BCUT2D eigenvalue weighted by atomic mass is 32.2. The lowest BCUT2D eigenvalue weighted by Crippen LogP contribution is -2.38. The minimum atomic E-state index is 0.0249. The van der Waals surface area contributed by atoms with Gasteiger partial charge in [0.25, 0.3) is 0 Å². The van der Waals surface area contributed by atoms with Gasteiger partial charge < -0.3 is 9.73 Å². The molecule has 35 heavy (non-hydrogen) atoms. The summed E-state index contributed by atoms with van der Waals surface area (Å²) in [5.74, 6) is 1.86. The SMILES string of the molecule is Cc1occc1-c1nnc(SCC(=O)NC2CCN(Cc3ccccc3)C2)n1Cc1ccccc1. The van der Waals surface area contributed by atoms with Crippen LogP contribution in [0, 0.1) is 6.92 Å². The van der Waals surface area contributed by atoms with Gasteiger partial charge in [-0.15, -0.1) is 10.2 Å². The summed E-state index contributed by atoms with van der Waals surface area (Å²) in [5.41, 5.74) is 3.36. The van der Waals surface area contributed by atoms with Crippen LogP contribution in [-0.4, -0.2) is 50.5 Å². The number of hydrogen-bond donors (Lipinski definition) is 1. The molecule has 3 heterocycles. The number of furan rings is 1. The number of rotatable bonds is 9. The largest absolute Gasteiger partial charge is 0.469 e. The fourth-order valence-electron chi connectivity index (χ4n) is 4.46. The Labute approximate surface area is 209 Å². The number of carbonyl (C=O) groups is 1. The van der Waals surface area contributed by atoms with Crippen LogP contribution in [-0.2, 0) is 17.9 Å². The predicted octanol–water partition coefficient (Wildman–Crippen LogP) is 4.38. The molecule has 1 aliphatic rings. The molecule has 0 spiro atoms. The summed E-state index contributed by atoms with van der Waals surface area (Å²) < 4.78 is 7.55. The number of benzene rings is 2. The van der Waals surface area contributed by atoms with E-state index in [0.717, 1.165) is 53.9 Å². The maximum Gasteiger partial charge on any atom is 0.230 e. The molecule has 0 bridgehead atoms. The van der Waals surface area contributed by atoms with E-state index >= 15 is 0 Å². The number of nitrogens with zero attached hydrogens (tertiary/aromatic N) is 4. The number of amides is 1. The average molecular weight is 488 g/mol. The van der Waals surface area contributed by atoms with Crippen LogP contribution in [0.3, 0.4) is 0 Å². The number of thioether (sulfide) groups is 1. The van der Waals surface area contributed by atoms with Gasteiger partial charge in [-0.3, -0.25) is 14.3 Å². The Balaban J connectivity index is 1.21. The van der Waals surface area contributed by atoms with E-state index in [1.807, 2.05) is 37.3 Å². The monoisotopic (exact) mass is 487 g/mol. The zero-order valence-corrected chi connectivity index (χ0v) is 20.6. The maximum absolute atomic E-state index is 12.8. The molecule has 4 aromatic rings. The van der Waals surface area contributed by atoms with E-state index in [2.05, 4.69) is 61.4 Å². The van der Waals surface area contributed by atoms with Crippen LogP contribution in [0.4, 0.5) is 0 Å². The van der Waals surface area contributed by atoms with Crippen molar-refractivity contribution in [1.82, 2.24) is 25.0 Å². The molecule has 0 saturated carbocycles. The molecular formula is C27H29N5O2S. The van der Waals surface area contributed by atoms with Crippen molar-refractivity contribution in [2.45, 2.75) is 37.6 Å². The zero-order valence-electron chi connectivity index (χ0n) is 19.8. The van der Waals surface area contributed by atoms with Crippen molar-refractivity contribution in [3.05, 3.63) is 89.9 Å². The molecule has 1 N–H and O–H groups in total. The number of aromatic nitrogens is 3. The second-order valence-electron chi connectivity index (χ2n) is 8.83. The first-order valence-corrected chi connectivity index (χ1v) is 12.8. The summed E-state index contributed by atoms with van der Waals surface area (Å²) >= 11 is 1.42. The molecule has 1 saturated heterocycles. The van der Waals surface area contributed by atoms with Crippen molar-refractivity contribution in [2.24, 2.45) is 0 Å². The average Bonchev–Trinajstić information content (AvgIpc) is 3.59. The molecule has 7 nitrogen and oxygen atoms in total. The molecule has 0 aliphatic carbocycles. The van der Waals surface area contributed by atoms with E-state index in [9.17, 15) is 4.79 Å². The van der Waals surface area contributed by atoms with Gasteiger partial charge in [0.15, 0.2) is 11.0 Å². The molecule has 2 aromatic heterocycles. The minimum Gasteiger partial charge on any atom is -0.469 e. The van der Waals surface area contributed by atoms with Crippen LogP contribution in [0.1, 0.15) is 23.3 Å². The van der Waals surface area contributed by atoms with Gasteiger partial charge in [0.1, 0.15) is 5.76 Å². The molecule has 5 rings (SSSR count). The highest BCUT2D eigenvalue weighted by Gasteiger charge is 2.24. The van der Waals surface area contributed by atoms with E-state index in [4.69, 9.17) is 4.42 Å². The molecule has 180 valence electrons. The fourth-order valence-corrected chi connectivity index (χ4v) is 5.20. The number of likely N-dealkylation sites (tertiary alicyclic amines) is 1. The van der Waals surface area contributed by atoms with Crippen LogP contribution < -0.4 is 5.32 Å². The lowest BCUT2D eigenvalue weighted by molar-refractivity contribution is -0.119. The van der Waals surface area contributed by atoms with E-state index < -0.39 is 0 Å². The first-order valence-electron chi connectivity index (χ1n) is 11.9. The van der Waals surface area contributed by atoms with Crippen LogP contribution in [0.15, 0.2) is 82.6 Å².